The third-order valence-electron chi connectivity index (χ3n) is 4.07. The van der Waals surface area contributed by atoms with Crippen LogP contribution in [-0.4, -0.2) is 61.2 Å². The van der Waals surface area contributed by atoms with Gasteiger partial charge >= 0.3 is 7.12 Å². The normalized spacial score (nSPS) is 41.9. The van der Waals surface area contributed by atoms with E-state index >= 15 is 0 Å². The van der Waals surface area contributed by atoms with Crippen LogP contribution in [0, 0.1) is 0 Å². The van der Waals surface area contributed by atoms with Gasteiger partial charge in [0.1, 0.15) is 0 Å². The van der Waals surface area contributed by atoms with E-state index in [0.29, 0.717) is 5.59 Å². The first kappa shape index (κ1) is 7.20. The van der Waals surface area contributed by atoms with Gasteiger partial charge in [0, 0.05) is 41.8 Å². The molecular formula is C16H26BN3O2. The van der Waals surface area contributed by atoms with Gasteiger partial charge in [-0.05, 0) is 46.8 Å². The first-order valence-corrected chi connectivity index (χ1v) is 6.94. The molecule has 0 aromatic carbocycles. The van der Waals surface area contributed by atoms with E-state index in [4.69, 9.17) is 24.4 Å². The summed E-state index contributed by atoms with van der Waals surface area (Å²) in [4.78, 5) is 4.05. The largest absolute Gasteiger partial charge is 0.514 e. The van der Waals surface area contributed by atoms with Crippen molar-refractivity contribution in [3.63, 3.8) is 0 Å². The lowest BCUT2D eigenvalue weighted by Crippen LogP contribution is -2.44. The molecule has 2 fully saturated rings. The summed E-state index contributed by atoms with van der Waals surface area (Å²) >= 11 is 0. The number of pyridine rings is 1. The minimum atomic E-state index is -3.46. The predicted molar refractivity (Wildman–Crippen MR) is 89.7 cm³/mol. The van der Waals surface area contributed by atoms with Crippen molar-refractivity contribution < 1.29 is 24.4 Å². The zero-order chi connectivity index (χ0) is 25.6. The van der Waals surface area contributed by atoms with Crippen molar-refractivity contribution in [2.45, 2.75) is 38.9 Å². The number of rotatable bonds is 2. The van der Waals surface area contributed by atoms with Gasteiger partial charge in [0.2, 0.25) is 0 Å². The number of nitrogens with zero attached hydrogens (tertiary/aromatic N) is 3. The molecule has 22 heavy (non-hydrogen) atoms. The number of hydrogen-bond acceptors (Lipinski definition) is 5. The molecule has 0 amide bonds. The fourth-order valence-corrected chi connectivity index (χ4v) is 2.02. The predicted octanol–water partition coefficient (Wildman–Crippen LogP) is 1.13. The highest BCUT2D eigenvalue weighted by molar-refractivity contribution is 6.61. The molecule has 3 heterocycles. The maximum atomic E-state index is 8.33. The van der Waals surface area contributed by atoms with Gasteiger partial charge in [0.25, 0.3) is 0 Å². The molecule has 3 rings (SSSR count). The van der Waals surface area contributed by atoms with Crippen molar-refractivity contribution in [2.75, 3.05) is 37.9 Å². The van der Waals surface area contributed by atoms with E-state index in [2.05, 4.69) is 4.98 Å². The molecule has 2 saturated heterocycles. The Hall–Kier alpha value is -1.11. The van der Waals surface area contributed by atoms with Crippen LogP contribution in [0.1, 0.15) is 42.8 Å². The zero-order valence-electron chi connectivity index (χ0n) is 24.0. The summed E-state index contributed by atoms with van der Waals surface area (Å²) in [7, 11) is -0.858. The van der Waals surface area contributed by atoms with Gasteiger partial charge in [0.05, 0.1) is 28.0 Å². The van der Waals surface area contributed by atoms with Crippen LogP contribution in [0.3, 0.4) is 0 Å². The third kappa shape index (κ3) is 2.87. The average Bonchev–Trinajstić information content (AvgIpc) is 2.79. The lowest BCUT2D eigenvalue weighted by Gasteiger charge is -2.33. The monoisotopic (exact) mass is 314 g/mol. The van der Waals surface area contributed by atoms with Crippen LogP contribution in [-0.2, 0) is 9.31 Å². The van der Waals surface area contributed by atoms with Gasteiger partial charge in [-0.15, -0.1) is 0 Å². The average molecular weight is 314 g/mol. The van der Waals surface area contributed by atoms with E-state index in [-0.39, 0.29) is 15.5 Å². The Balaban J connectivity index is 2.06. The second-order valence-corrected chi connectivity index (χ2v) is 6.15. The van der Waals surface area contributed by atoms with E-state index in [1.807, 2.05) is 27.7 Å². The number of anilines is 1. The van der Waals surface area contributed by atoms with Crippen LogP contribution in [0.2, 0.25) is 0 Å². The Morgan fingerprint density at radius 2 is 1.77 bits per heavy atom. The SMILES string of the molecule is [2H]C([2H])([2H])N1C([2H])([2H])C([2H])([2H])N(c2ccc(B3OC(C)(C)C(C)(C)O3)nc2)C([2H])([2H])C1([2H])[2H]. The summed E-state index contributed by atoms with van der Waals surface area (Å²) in [6.07, 6.45) is 1.05. The van der Waals surface area contributed by atoms with Crippen molar-refractivity contribution in [1.82, 2.24) is 9.88 Å². The first-order chi connectivity index (χ1) is 14.5. The van der Waals surface area contributed by atoms with Crippen LogP contribution in [0.25, 0.3) is 0 Å². The number of likely N-dealkylation sites (N-methyl/N-ethyl adjacent to an activating group) is 1. The molecule has 0 spiro atoms. The van der Waals surface area contributed by atoms with Crippen LogP contribution < -0.4 is 10.5 Å². The van der Waals surface area contributed by atoms with Crippen molar-refractivity contribution in [2.24, 2.45) is 0 Å². The summed E-state index contributed by atoms with van der Waals surface area (Å²) in [5.74, 6) is 0. The minimum absolute atomic E-state index is 0.253. The second-order valence-electron chi connectivity index (χ2n) is 6.15. The second kappa shape index (κ2) is 5.51. The quantitative estimate of drug-likeness (QED) is 0.765. The molecule has 6 heteroatoms. The molecule has 5 nitrogen and oxygen atoms in total. The summed E-state index contributed by atoms with van der Waals surface area (Å²) < 4.78 is 100. The molecule has 0 unspecified atom stereocenters. The lowest BCUT2D eigenvalue weighted by molar-refractivity contribution is 0.00578. The molecule has 1 aromatic heterocycles. The van der Waals surface area contributed by atoms with E-state index in [1.54, 1.807) is 0 Å². The van der Waals surface area contributed by atoms with Crippen molar-refractivity contribution in [3.8, 4) is 0 Å². The highest BCUT2D eigenvalue weighted by Crippen LogP contribution is 2.36. The molecule has 0 atom stereocenters. The zero-order valence-corrected chi connectivity index (χ0v) is 13.0. The third-order valence-corrected chi connectivity index (χ3v) is 4.07. The number of hydrogen-bond donors (Lipinski definition) is 0. The fourth-order valence-electron chi connectivity index (χ4n) is 2.02. The Morgan fingerprint density at radius 3 is 2.27 bits per heavy atom. The summed E-state index contributed by atoms with van der Waals surface area (Å²) in [5.41, 5.74) is -1.29. The topological polar surface area (TPSA) is 37.8 Å². The standard InChI is InChI=1S/C16H26BN3O2/c1-15(2)16(3,4)22-17(21-15)14-7-6-13(12-18-14)20-10-8-19(5)9-11-20/h6-7,12H,8-11H2,1-5H3/i5D3,8D2,9D2,10D2,11D2. The van der Waals surface area contributed by atoms with Crippen LogP contribution in [0.4, 0.5) is 5.69 Å². The molecule has 0 bridgehead atoms. The maximum Gasteiger partial charge on any atom is 0.514 e. The molecule has 0 saturated carbocycles. The Morgan fingerprint density at radius 1 is 1.14 bits per heavy atom. The van der Waals surface area contributed by atoms with Crippen molar-refractivity contribution in [1.29, 1.82) is 0 Å². The number of piperazine rings is 1. The summed E-state index contributed by atoms with van der Waals surface area (Å²) in [6.45, 7) is -9.57. The van der Waals surface area contributed by atoms with E-state index in [9.17, 15) is 0 Å². The molecule has 2 aliphatic heterocycles. The Labute approximate surface area is 149 Å². The molecular weight excluding hydrogens is 277 g/mol. The van der Waals surface area contributed by atoms with Crippen LogP contribution >= 0.6 is 0 Å². The van der Waals surface area contributed by atoms with Gasteiger partial charge in [-0.1, -0.05) is 0 Å². The summed E-state index contributed by atoms with van der Waals surface area (Å²) in [6, 6.07) is 2.62. The lowest BCUT2D eigenvalue weighted by atomic mass is 9.84. The van der Waals surface area contributed by atoms with Gasteiger partial charge in [-0.25, -0.2) is 0 Å². The summed E-state index contributed by atoms with van der Waals surface area (Å²) in [5, 5.41) is 0. The highest BCUT2D eigenvalue weighted by Gasteiger charge is 2.52. The van der Waals surface area contributed by atoms with Gasteiger partial charge in [-0.2, -0.15) is 0 Å². The van der Waals surface area contributed by atoms with E-state index < -0.39 is 51.3 Å². The minimum Gasteiger partial charge on any atom is -0.398 e. The van der Waals surface area contributed by atoms with Gasteiger partial charge < -0.3 is 19.1 Å². The molecule has 0 N–H and O–H groups in total. The smallest absolute Gasteiger partial charge is 0.398 e. The molecule has 1 aromatic rings. The highest BCUT2D eigenvalue weighted by atomic mass is 16.7. The molecule has 120 valence electrons. The Kier molecular flexibility index (Phi) is 1.80. The van der Waals surface area contributed by atoms with Crippen molar-refractivity contribution in [3.05, 3.63) is 18.3 Å². The fraction of sp³-hybridized carbons (Fsp3) is 0.688. The maximum absolute atomic E-state index is 8.33. The van der Waals surface area contributed by atoms with Crippen LogP contribution in [0.15, 0.2) is 18.3 Å². The van der Waals surface area contributed by atoms with E-state index in [1.165, 1.54) is 12.1 Å². The molecule has 0 aliphatic carbocycles. The molecule has 0 radical (unpaired) electrons. The van der Waals surface area contributed by atoms with Gasteiger partial charge in [-0.3, -0.25) is 4.98 Å². The number of aromatic nitrogens is 1. The first-order valence-electron chi connectivity index (χ1n) is 12.4. The van der Waals surface area contributed by atoms with Crippen LogP contribution in [0.5, 0.6) is 0 Å². The molecule has 2 aliphatic rings. The van der Waals surface area contributed by atoms with Gasteiger partial charge in [0.15, 0.2) is 0 Å². The van der Waals surface area contributed by atoms with E-state index in [0.717, 1.165) is 6.20 Å². The van der Waals surface area contributed by atoms with Crippen molar-refractivity contribution >= 4 is 18.4 Å². The Bertz CT molecular complexity index is 877.